The number of hydrogen-bond acceptors (Lipinski definition) is 3. The smallest absolute Gasteiger partial charge is 0.346 e. The summed E-state index contributed by atoms with van der Waals surface area (Å²) < 4.78 is 0. The van der Waals surface area contributed by atoms with Crippen LogP contribution in [0.2, 0.25) is 0 Å². The molecule has 2 unspecified atom stereocenters. The van der Waals surface area contributed by atoms with Gasteiger partial charge in [-0.2, -0.15) is 5.26 Å². The Bertz CT molecular complexity index is 407. The number of nitriles is 1. The van der Waals surface area contributed by atoms with E-state index in [2.05, 4.69) is 19.9 Å². The minimum absolute atomic E-state index is 0.106. The number of nitrogens with zero attached hydrogens (tertiary/aromatic N) is 1. The third-order valence-corrected chi connectivity index (χ3v) is 4.49. The molecule has 3 nitrogen and oxygen atoms in total. The van der Waals surface area contributed by atoms with Crippen LogP contribution in [0.4, 0.5) is 0 Å². The lowest BCUT2D eigenvalue weighted by Crippen LogP contribution is -2.03. The number of allylic oxidation sites excluding steroid dienone is 2. The summed E-state index contributed by atoms with van der Waals surface area (Å²) in [6, 6.07) is 1.73. The van der Waals surface area contributed by atoms with E-state index in [1.165, 1.54) is 24.2 Å². The van der Waals surface area contributed by atoms with Gasteiger partial charge in [0.2, 0.25) is 0 Å². The molecule has 0 amide bonds. The van der Waals surface area contributed by atoms with E-state index in [1.54, 1.807) is 23.9 Å². The first-order chi connectivity index (χ1) is 8.58. The maximum Gasteiger partial charge on any atom is 0.346 e. The van der Waals surface area contributed by atoms with E-state index in [-0.39, 0.29) is 10.8 Å². The minimum Gasteiger partial charge on any atom is -0.477 e. The minimum atomic E-state index is -1.13. The van der Waals surface area contributed by atoms with E-state index in [4.69, 9.17) is 10.4 Å². The Labute approximate surface area is 113 Å². The molecule has 0 aliphatic carbocycles. The molecule has 0 saturated heterocycles. The number of carboxylic acids is 1. The first kappa shape index (κ1) is 14.8. The average Bonchev–Trinajstić information content (AvgIpc) is 2.81. The Morgan fingerprint density at radius 2 is 2.50 bits per heavy atom. The van der Waals surface area contributed by atoms with E-state index >= 15 is 0 Å². The molecule has 0 bridgehead atoms. The summed E-state index contributed by atoms with van der Waals surface area (Å²) in [5, 5.41) is 17.6. The summed E-state index contributed by atoms with van der Waals surface area (Å²) in [7, 11) is 0. The number of carbonyl (C=O) groups is 1. The molecule has 0 spiro atoms. The SMILES string of the molecule is CCCCC(C)C1=CCC(/C=C(/C#N)C(=O)O)S1. The Kier molecular flexibility index (Phi) is 6.00. The number of carboxylic acid groups (broad SMARTS) is 1. The van der Waals surface area contributed by atoms with Crippen LogP contribution >= 0.6 is 11.8 Å². The molecule has 0 aromatic heterocycles. The second-order valence-corrected chi connectivity index (χ2v) is 5.85. The third-order valence-electron chi connectivity index (χ3n) is 3.02. The van der Waals surface area contributed by atoms with E-state index in [0.29, 0.717) is 5.92 Å². The largest absolute Gasteiger partial charge is 0.477 e. The molecular weight excluding hydrogens is 246 g/mol. The molecule has 2 atom stereocenters. The van der Waals surface area contributed by atoms with Crippen molar-refractivity contribution >= 4 is 17.7 Å². The highest BCUT2D eigenvalue weighted by atomic mass is 32.2. The highest BCUT2D eigenvalue weighted by Gasteiger charge is 2.21. The molecule has 18 heavy (non-hydrogen) atoms. The molecule has 1 rings (SSSR count). The van der Waals surface area contributed by atoms with Crippen LogP contribution < -0.4 is 0 Å². The lowest BCUT2D eigenvalue weighted by Gasteiger charge is -2.12. The zero-order chi connectivity index (χ0) is 13.5. The zero-order valence-electron chi connectivity index (χ0n) is 10.8. The molecule has 1 heterocycles. The van der Waals surface area contributed by atoms with Crippen molar-refractivity contribution in [3.8, 4) is 6.07 Å². The molecule has 1 aliphatic rings. The van der Waals surface area contributed by atoms with Gasteiger partial charge in [0.1, 0.15) is 11.6 Å². The predicted molar refractivity (Wildman–Crippen MR) is 74.1 cm³/mol. The Morgan fingerprint density at radius 3 is 3.06 bits per heavy atom. The van der Waals surface area contributed by atoms with Gasteiger partial charge >= 0.3 is 5.97 Å². The van der Waals surface area contributed by atoms with Crippen molar-refractivity contribution < 1.29 is 9.90 Å². The van der Waals surface area contributed by atoms with Gasteiger partial charge < -0.3 is 5.11 Å². The van der Waals surface area contributed by atoms with Crippen molar-refractivity contribution in [2.45, 2.75) is 44.8 Å². The van der Waals surface area contributed by atoms with Crippen LogP contribution in [0.5, 0.6) is 0 Å². The Hall–Kier alpha value is -1.21. The molecule has 1 N–H and O–H groups in total. The molecule has 98 valence electrons. The molecule has 0 fully saturated rings. The fourth-order valence-corrected chi connectivity index (χ4v) is 3.21. The zero-order valence-corrected chi connectivity index (χ0v) is 11.7. The van der Waals surface area contributed by atoms with Crippen molar-refractivity contribution in [1.82, 2.24) is 0 Å². The summed E-state index contributed by atoms with van der Waals surface area (Å²) in [5.41, 5.74) is -0.150. The van der Waals surface area contributed by atoms with Gasteiger partial charge in [-0.05, 0) is 29.7 Å². The number of thioether (sulfide) groups is 1. The van der Waals surface area contributed by atoms with E-state index in [0.717, 1.165) is 6.42 Å². The van der Waals surface area contributed by atoms with Gasteiger partial charge in [-0.15, -0.1) is 11.8 Å². The van der Waals surface area contributed by atoms with Crippen molar-refractivity contribution in [1.29, 1.82) is 5.26 Å². The molecule has 4 heteroatoms. The van der Waals surface area contributed by atoms with Crippen LogP contribution in [0.1, 0.15) is 39.5 Å². The van der Waals surface area contributed by atoms with Crippen LogP contribution in [-0.2, 0) is 4.79 Å². The monoisotopic (exact) mass is 265 g/mol. The Balaban J connectivity index is 2.55. The summed E-state index contributed by atoms with van der Waals surface area (Å²) in [6.45, 7) is 4.39. The van der Waals surface area contributed by atoms with Crippen molar-refractivity contribution in [2.75, 3.05) is 0 Å². The van der Waals surface area contributed by atoms with Crippen molar-refractivity contribution in [2.24, 2.45) is 5.92 Å². The first-order valence-electron chi connectivity index (χ1n) is 6.30. The first-order valence-corrected chi connectivity index (χ1v) is 7.18. The molecule has 1 aliphatic heterocycles. The normalized spacial score (nSPS) is 21.3. The van der Waals surface area contributed by atoms with Crippen molar-refractivity contribution in [3.05, 3.63) is 22.6 Å². The molecule has 0 radical (unpaired) electrons. The third kappa shape index (κ3) is 4.23. The maximum atomic E-state index is 10.8. The molecule has 0 aromatic rings. The molecular formula is C14H19NO2S. The topological polar surface area (TPSA) is 61.1 Å². The van der Waals surface area contributed by atoms with Crippen LogP contribution in [0, 0.1) is 17.2 Å². The maximum absolute atomic E-state index is 10.8. The van der Waals surface area contributed by atoms with E-state index < -0.39 is 5.97 Å². The number of rotatable bonds is 6. The van der Waals surface area contributed by atoms with Crippen LogP contribution in [0.3, 0.4) is 0 Å². The van der Waals surface area contributed by atoms with Gasteiger partial charge in [-0.3, -0.25) is 0 Å². The lowest BCUT2D eigenvalue weighted by atomic mass is 10.0. The second-order valence-electron chi connectivity index (χ2n) is 4.54. The van der Waals surface area contributed by atoms with Crippen LogP contribution in [0.15, 0.2) is 22.6 Å². The fraction of sp³-hybridized carbons (Fsp3) is 0.571. The van der Waals surface area contributed by atoms with E-state index in [9.17, 15) is 4.79 Å². The average molecular weight is 265 g/mol. The van der Waals surface area contributed by atoms with Crippen LogP contribution in [0.25, 0.3) is 0 Å². The highest BCUT2D eigenvalue weighted by molar-refractivity contribution is 8.04. The highest BCUT2D eigenvalue weighted by Crippen LogP contribution is 2.39. The van der Waals surface area contributed by atoms with Gasteiger partial charge in [-0.1, -0.05) is 32.8 Å². The summed E-state index contributed by atoms with van der Waals surface area (Å²) in [5.74, 6) is -0.589. The summed E-state index contributed by atoms with van der Waals surface area (Å²) in [4.78, 5) is 12.1. The standard InChI is InChI=1S/C14H19NO2S/c1-3-4-5-10(2)13-7-6-12(18-13)8-11(9-15)14(16)17/h7-8,10,12H,3-6H2,1-2H3,(H,16,17)/b11-8-. The van der Waals surface area contributed by atoms with Gasteiger partial charge in [0.25, 0.3) is 0 Å². The van der Waals surface area contributed by atoms with Crippen molar-refractivity contribution in [3.63, 3.8) is 0 Å². The fourth-order valence-electron chi connectivity index (χ4n) is 1.92. The quantitative estimate of drug-likeness (QED) is 0.587. The second kappa shape index (κ2) is 7.27. The van der Waals surface area contributed by atoms with Gasteiger partial charge in [0.05, 0.1) is 0 Å². The van der Waals surface area contributed by atoms with Gasteiger partial charge in [-0.25, -0.2) is 4.79 Å². The summed E-state index contributed by atoms with van der Waals surface area (Å²) in [6.07, 6.45) is 8.18. The predicted octanol–water partition coefficient (Wildman–Crippen LogP) is 3.74. The van der Waals surface area contributed by atoms with Gasteiger partial charge in [0, 0.05) is 5.25 Å². The van der Waals surface area contributed by atoms with Crippen LogP contribution in [-0.4, -0.2) is 16.3 Å². The number of unbranched alkanes of at least 4 members (excludes halogenated alkanes) is 1. The number of hydrogen-bond donors (Lipinski definition) is 1. The lowest BCUT2D eigenvalue weighted by molar-refractivity contribution is -0.132. The Morgan fingerprint density at radius 1 is 1.78 bits per heavy atom. The number of aliphatic carboxylic acids is 1. The molecule has 0 aromatic carbocycles. The molecule has 0 saturated carbocycles. The summed E-state index contributed by atoms with van der Waals surface area (Å²) >= 11 is 1.70. The van der Waals surface area contributed by atoms with Gasteiger partial charge in [0.15, 0.2) is 0 Å². The van der Waals surface area contributed by atoms with E-state index in [1.807, 2.05) is 0 Å².